The molecule has 1 heteroatoms. The summed E-state index contributed by atoms with van der Waals surface area (Å²) >= 11 is 0. The van der Waals surface area contributed by atoms with E-state index >= 15 is 0 Å². The van der Waals surface area contributed by atoms with Crippen LogP contribution in [0.25, 0.3) is 0 Å². The van der Waals surface area contributed by atoms with Crippen molar-refractivity contribution in [3.8, 4) is 0 Å². The van der Waals surface area contributed by atoms with E-state index in [1.54, 1.807) is 0 Å². The molecule has 0 fully saturated rings. The van der Waals surface area contributed by atoms with Gasteiger partial charge in [-0.05, 0) is 37.3 Å². The van der Waals surface area contributed by atoms with Gasteiger partial charge in [-0.25, -0.2) is 0 Å². The highest BCUT2D eigenvalue weighted by molar-refractivity contribution is 5.54. The van der Waals surface area contributed by atoms with E-state index in [1.807, 2.05) is 19.3 Å². The third kappa shape index (κ3) is 5.00. The number of rotatable bonds is 6. The molecule has 14 heavy (non-hydrogen) atoms. The van der Waals surface area contributed by atoms with Gasteiger partial charge in [-0.1, -0.05) is 33.3 Å². The van der Waals surface area contributed by atoms with Crippen LogP contribution < -0.4 is 0 Å². The standard InChI is InChI=1S/C13H23N/c1-5-9-13(10-6-2)12(7-3)11-14-8-4/h8-9,11H,5-7,10H2,1-4H3/b12-11+,13-9+,14-8?. The van der Waals surface area contributed by atoms with Crippen LogP contribution in [0, 0.1) is 0 Å². The Bertz CT molecular complexity index is 221. The average Bonchev–Trinajstić information content (AvgIpc) is 2.19. The Morgan fingerprint density at radius 1 is 1.14 bits per heavy atom. The zero-order valence-electron chi connectivity index (χ0n) is 10.0. The molecular formula is C13H23N. The van der Waals surface area contributed by atoms with Crippen LogP contribution in [-0.2, 0) is 0 Å². The first-order valence-electron chi connectivity index (χ1n) is 5.66. The van der Waals surface area contributed by atoms with Crippen LogP contribution in [0.4, 0.5) is 0 Å². The van der Waals surface area contributed by atoms with Gasteiger partial charge in [-0.3, -0.25) is 4.99 Å². The van der Waals surface area contributed by atoms with Crippen molar-refractivity contribution in [2.45, 2.75) is 53.4 Å². The lowest BCUT2D eigenvalue weighted by Crippen LogP contribution is -1.89. The quantitative estimate of drug-likeness (QED) is 0.435. The van der Waals surface area contributed by atoms with E-state index in [2.05, 4.69) is 31.8 Å². The molecule has 0 radical (unpaired) electrons. The molecule has 0 rings (SSSR count). The first-order valence-corrected chi connectivity index (χ1v) is 5.66. The lowest BCUT2D eigenvalue weighted by molar-refractivity contribution is 0.883. The monoisotopic (exact) mass is 193 g/mol. The number of nitrogens with zero attached hydrogens (tertiary/aromatic N) is 1. The number of hydrogen-bond acceptors (Lipinski definition) is 1. The molecule has 0 aromatic carbocycles. The molecule has 0 aromatic rings. The molecule has 0 saturated carbocycles. The van der Waals surface area contributed by atoms with Crippen molar-refractivity contribution in [3.05, 3.63) is 23.4 Å². The SMILES string of the molecule is CC=N/C=C(CC)/C(=C/CC)CCC. The van der Waals surface area contributed by atoms with Gasteiger partial charge < -0.3 is 0 Å². The fraction of sp³-hybridized carbons (Fsp3) is 0.615. The van der Waals surface area contributed by atoms with Gasteiger partial charge >= 0.3 is 0 Å². The third-order valence-electron chi connectivity index (χ3n) is 2.14. The minimum Gasteiger partial charge on any atom is -0.269 e. The molecule has 0 spiro atoms. The molecule has 0 amide bonds. The Morgan fingerprint density at radius 2 is 1.86 bits per heavy atom. The maximum atomic E-state index is 4.20. The van der Waals surface area contributed by atoms with E-state index in [0.717, 1.165) is 12.8 Å². The normalized spacial score (nSPS) is 14.0. The van der Waals surface area contributed by atoms with Crippen molar-refractivity contribution in [2.24, 2.45) is 4.99 Å². The molecule has 0 aromatic heterocycles. The summed E-state index contributed by atoms with van der Waals surface area (Å²) in [7, 11) is 0. The molecule has 0 unspecified atom stereocenters. The molecule has 0 heterocycles. The van der Waals surface area contributed by atoms with Gasteiger partial charge in [0.05, 0.1) is 0 Å². The van der Waals surface area contributed by atoms with E-state index < -0.39 is 0 Å². The van der Waals surface area contributed by atoms with Crippen LogP contribution in [0.15, 0.2) is 28.4 Å². The Kier molecular flexibility index (Phi) is 8.20. The van der Waals surface area contributed by atoms with Gasteiger partial charge in [-0.2, -0.15) is 0 Å². The van der Waals surface area contributed by atoms with E-state index in [1.165, 1.54) is 24.0 Å². The largest absolute Gasteiger partial charge is 0.269 e. The van der Waals surface area contributed by atoms with Crippen molar-refractivity contribution in [3.63, 3.8) is 0 Å². The van der Waals surface area contributed by atoms with Gasteiger partial charge in [0.2, 0.25) is 0 Å². The molecule has 0 aliphatic carbocycles. The van der Waals surface area contributed by atoms with Gasteiger partial charge in [0, 0.05) is 12.4 Å². The van der Waals surface area contributed by atoms with Crippen molar-refractivity contribution >= 4 is 6.21 Å². The molecule has 0 bridgehead atoms. The highest BCUT2D eigenvalue weighted by atomic mass is 14.7. The molecular weight excluding hydrogens is 170 g/mol. The number of allylic oxidation sites excluding steroid dienone is 3. The van der Waals surface area contributed by atoms with Crippen LogP contribution in [0.5, 0.6) is 0 Å². The highest BCUT2D eigenvalue weighted by Gasteiger charge is 2.00. The number of aliphatic imine (C=N–C) groups is 1. The van der Waals surface area contributed by atoms with Crippen molar-refractivity contribution in [1.29, 1.82) is 0 Å². The summed E-state index contributed by atoms with van der Waals surface area (Å²) in [5.41, 5.74) is 2.86. The van der Waals surface area contributed by atoms with Crippen molar-refractivity contribution in [1.82, 2.24) is 0 Å². The summed E-state index contributed by atoms with van der Waals surface area (Å²) in [5.74, 6) is 0. The summed E-state index contributed by atoms with van der Waals surface area (Å²) in [6, 6.07) is 0. The first kappa shape index (κ1) is 13.2. The van der Waals surface area contributed by atoms with Gasteiger partial charge in [0.1, 0.15) is 0 Å². The topological polar surface area (TPSA) is 12.4 Å². The Morgan fingerprint density at radius 3 is 2.29 bits per heavy atom. The second-order valence-corrected chi connectivity index (χ2v) is 3.30. The maximum Gasteiger partial charge on any atom is 0.0298 e. The fourth-order valence-electron chi connectivity index (χ4n) is 1.48. The van der Waals surface area contributed by atoms with Crippen LogP contribution in [0.3, 0.4) is 0 Å². The first-order chi connectivity index (χ1) is 6.79. The average molecular weight is 193 g/mol. The van der Waals surface area contributed by atoms with Gasteiger partial charge in [0.25, 0.3) is 0 Å². The van der Waals surface area contributed by atoms with E-state index in [4.69, 9.17) is 0 Å². The fourth-order valence-corrected chi connectivity index (χ4v) is 1.48. The Hall–Kier alpha value is -0.850. The zero-order chi connectivity index (χ0) is 10.8. The summed E-state index contributed by atoms with van der Waals surface area (Å²) in [4.78, 5) is 4.20. The predicted octanol–water partition coefficient (Wildman–Crippen LogP) is 4.51. The molecule has 0 N–H and O–H groups in total. The van der Waals surface area contributed by atoms with Crippen LogP contribution >= 0.6 is 0 Å². The molecule has 0 aliphatic heterocycles. The maximum absolute atomic E-state index is 4.20. The Balaban J connectivity index is 4.66. The summed E-state index contributed by atoms with van der Waals surface area (Å²) < 4.78 is 0. The van der Waals surface area contributed by atoms with E-state index in [9.17, 15) is 0 Å². The van der Waals surface area contributed by atoms with E-state index in [-0.39, 0.29) is 0 Å². The molecule has 80 valence electrons. The highest BCUT2D eigenvalue weighted by Crippen LogP contribution is 2.19. The predicted molar refractivity (Wildman–Crippen MR) is 65.8 cm³/mol. The Labute approximate surface area is 88.6 Å². The summed E-state index contributed by atoms with van der Waals surface area (Å²) in [6.07, 6.45) is 10.7. The van der Waals surface area contributed by atoms with Crippen molar-refractivity contribution in [2.75, 3.05) is 0 Å². The molecule has 1 nitrogen and oxygen atoms in total. The lowest BCUT2D eigenvalue weighted by Gasteiger charge is -2.08. The number of hydrogen-bond donors (Lipinski definition) is 0. The third-order valence-corrected chi connectivity index (χ3v) is 2.14. The van der Waals surface area contributed by atoms with Crippen LogP contribution in [0.2, 0.25) is 0 Å². The summed E-state index contributed by atoms with van der Waals surface area (Å²) in [6.45, 7) is 8.55. The lowest BCUT2D eigenvalue weighted by atomic mass is 9.99. The zero-order valence-corrected chi connectivity index (χ0v) is 10.0. The van der Waals surface area contributed by atoms with Crippen LogP contribution in [-0.4, -0.2) is 6.21 Å². The molecule has 0 aliphatic rings. The molecule has 0 saturated heterocycles. The molecule has 0 atom stereocenters. The van der Waals surface area contributed by atoms with Crippen molar-refractivity contribution < 1.29 is 0 Å². The van der Waals surface area contributed by atoms with Gasteiger partial charge in [0.15, 0.2) is 0 Å². The van der Waals surface area contributed by atoms with E-state index in [0.29, 0.717) is 0 Å². The second kappa shape index (κ2) is 8.74. The minimum absolute atomic E-state index is 1.07. The summed E-state index contributed by atoms with van der Waals surface area (Å²) in [5, 5.41) is 0. The minimum atomic E-state index is 1.07. The van der Waals surface area contributed by atoms with Crippen LogP contribution in [0.1, 0.15) is 53.4 Å². The second-order valence-electron chi connectivity index (χ2n) is 3.30. The van der Waals surface area contributed by atoms with Gasteiger partial charge in [-0.15, -0.1) is 0 Å². The smallest absolute Gasteiger partial charge is 0.0298 e.